The quantitative estimate of drug-likeness (QED) is 0.710. The van der Waals surface area contributed by atoms with Crippen LogP contribution in [0.3, 0.4) is 0 Å². The van der Waals surface area contributed by atoms with Gasteiger partial charge in [-0.05, 0) is 17.7 Å². The van der Waals surface area contributed by atoms with Crippen molar-refractivity contribution in [1.82, 2.24) is 4.98 Å². The van der Waals surface area contributed by atoms with Crippen LogP contribution in [0, 0.1) is 0 Å². The molecule has 19 heavy (non-hydrogen) atoms. The van der Waals surface area contributed by atoms with Gasteiger partial charge in [0.25, 0.3) is 0 Å². The van der Waals surface area contributed by atoms with Crippen molar-refractivity contribution >= 4 is 22.8 Å². The number of rotatable bonds is 4. The van der Waals surface area contributed by atoms with E-state index in [1.54, 1.807) is 24.4 Å². The Morgan fingerprint density at radius 2 is 2.21 bits per heavy atom. The van der Waals surface area contributed by atoms with Gasteiger partial charge in [0.2, 0.25) is 0 Å². The molecular formula is C13H14N2O4. The summed E-state index contributed by atoms with van der Waals surface area (Å²) >= 11 is 0. The van der Waals surface area contributed by atoms with Gasteiger partial charge in [-0.25, -0.2) is 4.79 Å². The molecule has 1 atom stereocenters. The van der Waals surface area contributed by atoms with E-state index in [4.69, 9.17) is 10.8 Å². The summed E-state index contributed by atoms with van der Waals surface area (Å²) < 4.78 is 4.64. The van der Waals surface area contributed by atoms with Crippen LogP contribution in [0.25, 0.3) is 10.9 Å². The molecule has 1 aromatic heterocycles. The standard InChI is InChI=1S/C13H14N2O4/c1-19-13(18)7-2-3-9-8(4-10(14)12(16)17)6-15-11(9)5-7/h2-3,5-6,10,15H,4,14H2,1H3,(H,16,17). The van der Waals surface area contributed by atoms with E-state index in [0.29, 0.717) is 5.56 Å². The number of carboxylic acids is 1. The molecule has 0 aliphatic rings. The van der Waals surface area contributed by atoms with Crippen LogP contribution in [-0.4, -0.2) is 35.2 Å². The molecule has 0 saturated heterocycles. The van der Waals surface area contributed by atoms with Crippen LogP contribution in [0.4, 0.5) is 0 Å². The fourth-order valence-corrected chi connectivity index (χ4v) is 1.92. The molecule has 0 spiro atoms. The minimum atomic E-state index is -1.04. The molecule has 2 rings (SSSR count). The molecule has 0 aliphatic heterocycles. The van der Waals surface area contributed by atoms with Crippen LogP contribution < -0.4 is 5.73 Å². The van der Waals surface area contributed by atoms with Gasteiger partial charge in [0.05, 0.1) is 12.7 Å². The van der Waals surface area contributed by atoms with Crippen molar-refractivity contribution in [3.05, 3.63) is 35.5 Å². The van der Waals surface area contributed by atoms with Crippen molar-refractivity contribution in [3.63, 3.8) is 0 Å². The molecule has 0 saturated carbocycles. The summed E-state index contributed by atoms with van der Waals surface area (Å²) in [7, 11) is 1.32. The third kappa shape index (κ3) is 2.58. The minimum absolute atomic E-state index is 0.229. The Morgan fingerprint density at radius 3 is 2.84 bits per heavy atom. The fourth-order valence-electron chi connectivity index (χ4n) is 1.92. The first-order valence-electron chi connectivity index (χ1n) is 5.69. The summed E-state index contributed by atoms with van der Waals surface area (Å²) in [5, 5.41) is 9.66. The van der Waals surface area contributed by atoms with Crippen molar-refractivity contribution in [2.45, 2.75) is 12.5 Å². The Hall–Kier alpha value is -2.34. The second-order valence-electron chi connectivity index (χ2n) is 4.21. The lowest BCUT2D eigenvalue weighted by atomic mass is 10.0. The van der Waals surface area contributed by atoms with Crippen LogP contribution in [0.2, 0.25) is 0 Å². The van der Waals surface area contributed by atoms with Gasteiger partial charge in [-0.3, -0.25) is 4.79 Å². The summed E-state index contributed by atoms with van der Waals surface area (Å²) in [4.78, 5) is 25.1. The van der Waals surface area contributed by atoms with E-state index in [9.17, 15) is 9.59 Å². The van der Waals surface area contributed by atoms with Crippen molar-refractivity contribution in [2.24, 2.45) is 5.73 Å². The Bertz CT molecular complexity index is 633. The second kappa shape index (κ2) is 5.11. The van der Waals surface area contributed by atoms with Gasteiger partial charge in [0, 0.05) is 23.5 Å². The molecule has 6 nitrogen and oxygen atoms in total. The maximum absolute atomic E-state index is 11.4. The average Bonchev–Trinajstić information content (AvgIpc) is 2.80. The number of aromatic amines is 1. The predicted molar refractivity (Wildman–Crippen MR) is 69.0 cm³/mol. The molecule has 4 N–H and O–H groups in total. The van der Waals surface area contributed by atoms with E-state index in [1.807, 2.05) is 0 Å². The van der Waals surface area contributed by atoms with Gasteiger partial charge in [0.15, 0.2) is 0 Å². The number of carbonyl (C=O) groups is 2. The highest BCUT2D eigenvalue weighted by Crippen LogP contribution is 2.21. The number of fused-ring (bicyclic) bond motifs is 1. The number of nitrogens with one attached hydrogen (secondary N) is 1. The number of ether oxygens (including phenoxy) is 1. The molecule has 0 fully saturated rings. The highest BCUT2D eigenvalue weighted by atomic mass is 16.5. The number of esters is 1. The van der Waals surface area contributed by atoms with E-state index < -0.39 is 18.0 Å². The summed E-state index contributed by atoms with van der Waals surface area (Å²) in [6.45, 7) is 0. The zero-order valence-electron chi connectivity index (χ0n) is 10.3. The topological polar surface area (TPSA) is 105 Å². The molecule has 1 heterocycles. The third-order valence-electron chi connectivity index (χ3n) is 2.95. The summed E-state index contributed by atoms with van der Waals surface area (Å²) in [5.41, 5.74) is 7.50. The molecule has 1 aromatic carbocycles. The smallest absolute Gasteiger partial charge is 0.337 e. The average molecular weight is 262 g/mol. The lowest BCUT2D eigenvalue weighted by Gasteiger charge is -2.05. The van der Waals surface area contributed by atoms with Crippen molar-refractivity contribution in [3.8, 4) is 0 Å². The number of methoxy groups -OCH3 is 1. The Kier molecular flexibility index (Phi) is 3.52. The van der Waals surface area contributed by atoms with Crippen LogP contribution in [0.15, 0.2) is 24.4 Å². The van der Waals surface area contributed by atoms with Crippen molar-refractivity contribution in [1.29, 1.82) is 0 Å². The third-order valence-corrected chi connectivity index (χ3v) is 2.95. The fraction of sp³-hybridized carbons (Fsp3) is 0.231. The lowest BCUT2D eigenvalue weighted by Crippen LogP contribution is -2.32. The van der Waals surface area contributed by atoms with Crippen LogP contribution in [0.5, 0.6) is 0 Å². The van der Waals surface area contributed by atoms with Gasteiger partial charge in [-0.1, -0.05) is 6.07 Å². The zero-order chi connectivity index (χ0) is 14.0. The number of aromatic nitrogens is 1. The Balaban J connectivity index is 2.34. The molecule has 0 amide bonds. The Labute approximate surface area is 109 Å². The molecule has 0 aliphatic carbocycles. The maximum atomic E-state index is 11.4. The highest BCUT2D eigenvalue weighted by Gasteiger charge is 2.15. The number of hydrogen-bond donors (Lipinski definition) is 3. The normalized spacial score (nSPS) is 12.3. The summed E-state index contributed by atoms with van der Waals surface area (Å²) in [5.74, 6) is -1.46. The van der Waals surface area contributed by atoms with E-state index >= 15 is 0 Å². The van der Waals surface area contributed by atoms with Gasteiger partial charge in [-0.15, -0.1) is 0 Å². The molecule has 2 aromatic rings. The van der Waals surface area contributed by atoms with E-state index in [1.165, 1.54) is 7.11 Å². The zero-order valence-corrected chi connectivity index (χ0v) is 10.3. The SMILES string of the molecule is COC(=O)c1ccc2c(CC(N)C(=O)O)c[nH]c2c1. The lowest BCUT2D eigenvalue weighted by molar-refractivity contribution is -0.138. The number of nitrogens with two attached hydrogens (primary N) is 1. The number of aliphatic carboxylic acids is 1. The van der Waals surface area contributed by atoms with E-state index in [0.717, 1.165) is 16.5 Å². The number of H-pyrrole nitrogens is 1. The first kappa shape index (κ1) is 13.1. The highest BCUT2D eigenvalue weighted by molar-refractivity contribution is 5.95. The minimum Gasteiger partial charge on any atom is -0.480 e. The van der Waals surface area contributed by atoms with Crippen LogP contribution in [-0.2, 0) is 16.0 Å². The van der Waals surface area contributed by atoms with Crippen molar-refractivity contribution in [2.75, 3.05) is 7.11 Å². The molecule has 100 valence electrons. The van der Waals surface area contributed by atoms with Crippen LogP contribution >= 0.6 is 0 Å². The number of carboxylic acid groups (broad SMARTS) is 1. The molecular weight excluding hydrogens is 248 g/mol. The first-order valence-corrected chi connectivity index (χ1v) is 5.69. The molecule has 0 radical (unpaired) electrons. The van der Waals surface area contributed by atoms with Crippen LogP contribution in [0.1, 0.15) is 15.9 Å². The van der Waals surface area contributed by atoms with Gasteiger partial charge >= 0.3 is 11.9 Å². The largest absolute Gasteiger partial charge is 0.480 e. The van der Waals surface area contributed by atoms with Gasteiger partial charge < -0.3 is 20.6 Å². The maximum Gasteiger partial charge on any atom is 0.337 e. The summed E-state index contributed by atoms with van der Waals surface area (Å²) in [6, 6.07) is 4.11. The molecule has 6 heteroatoms. The molecule has 0 bridgehead atoms. The number of hydrogen-bond acceptors (Lipinski definition) is 4. The van der Waals surface area contributed by atoms with Gasteiger partial charge in [-0.2, -0.15) is 0 Å². The monoisotopic (exact) mass is 262 g/mol. The summed E-state index contributed by atoms with van der Waals surface area (Å²) in [6.07, 6.45) is 1.93. The Morgan fingerprint density at radius 1 is 1.47 bits per heavy atom. The van der Waals surface area contributed by atoms with E-state index in [-0.39, 0.29) is 6.42 Å². The predicted octanol–water partition coefficient (Wildman–Crippen LogP) is 0.909. The van der Waals surface area contributed by atoms with Crippen molar-refractivity contribution < 1.29 is 19.4 Å². The number of carbonyl (C=O) groups excluding carboxylic acids is 1. The second-order valence-corrected chi connectivity index (χ2v) is 4.21. The molecule has 1 unspecified atom stereocenters. The first-order chi connectivity index (χ1) is 9.02. The van der Waals surface area contributed by atoms with E-state index in [2.05, 4.69) is 9.72 Å². The number of benzene rings is 1. The van der Waals surface area contributed by atoms with Gasteiger partial charge in [0.1, 0.15) is 6.04 Å².